The van der Waals surface area contributed by atoms with Crippen molar-refractivity contribution < 1.29 is 9.90 Å². The van der Waals surface area contributed by atoms with Crippen LogP contribution in [0.5, 0.6) is 0 Å². The number of rotatable bonds is 3. The number of aliphatic hydroxyl groups excluding tert-OH is 1. The number of aliphatic hydroxyl groups is 1. The lowest BCUT2D eigenvalue weighted by molar-refractivity contribution is -0.123. The van der Waals surface area contributed by atoms with Gasteiger partial charge in [-0.05, 0) is 42.7 Å². The molecule has 1 aromatic rings. The van der Waals surface area contributed by atoms with Crippen molar-refractivity contribution in [1.29, 1.82) is 0 Å². The van der Waals surface area contributed by atoms with E-state index in [4.69, 9.17) is 0 Å². The molecule has 4 heteroatoms. The van der Waals surface area contributed by atoms with Crippen molar-refractivity contribution in [3.8, 4) is 0 Å². The minimum atomic E-state index is -0.495. The Labute approximate surface area is 131 Å². The first-order valence-corrected chi connectivity index (χ1v) is 8.50. The van der Waals surface area contributed by atoms with Gasteiger partial charge in [0.25, 0.3) is 0 Å². The van der Waals surface area contributed by atoms with E-state index in [9.17, 15) is 9.90 Å². The van der Waals surface area contributed by atoms with Crippen molar-refractivity contribution in [3.05, 3.63) is 35.4 Å². The summed E-state index contributed by atoms with van der Waals surface area (Å²) in [5, 5.41) is 16.9. The van der Waals surface area contributed by atoms with Crippen molar-refractivity contribution in [3.63, 3.8) is 0 Å². The second kappa shape index (κ2) is 5.67. The molecule has 2 saturated heterocycles. The van der Waals surface area contributed by atoms with Crippen LogP contribution in [0.25, 0.3) is 0 Å². The van der Waals surface area contributed by atoms with E-state index in [0.29, 0.717) is 30.8 Å². The summed E-state index contributed by atoms with van der Waals surface area (Å²) in [4.78, 5) is 12.4. The standard InChI is InChI=1S/C18H24N2O2/c21-16-10-12-3-1-2-4-15(12)18(16)20-17(22)9-11-7-13-5-6-14(8-11)19-13/h1-4,11,13-14,16,18-19,21H,5-10H2,(H,20,22)/t11?,13?,14?,16-,18+/m0/s1. The molecule has 2 fully saturated rings. The molecule has 0 radical (unpaired) electrons. The van der Waals surface area contributed by atoms with Gasteiger partial charge in [-0.2, -0.15) is 0 Å². The molecule has 1 aliphatic carbocycles. The number of amides is 1. The number of piperidine rings is 1. The topological polar surface area (TPSA) is 61.4 Å². The van der Waals surface area contributed by atoms with E-state index in [1.54, 1.807) is 0 Å². The summed E-state index contributed by atoms with van der Waals surface area (Å²) in [6.45, 7) is 0. The number of nitrogens with one attached hydrogen (secondary N) is 2. The summed E-state index contributed by atoms with van der Waals surface area (Å²) in [5.74, 6) is 0.583. The van der Waals surface area contributed by atoms with Crippen molar-refractivity contribution in [1.82, 2.24) is 10.6 Å². The van der Waals surface area contributed by atoms with Crippen LogP contribution in [0.2, 0.25) is 0 Å². The summed E-state index contributed by atoms with van der Waals surface area (Å²) in [7, 11) is 0. The molecule has 1 amide bonds. The fourth-order valence-corrected chi connectivity index (χ4v) is 4.58. The minimum absolute atomic E-state index is 0.0899. The van der Waals surface area contributed by atoms with Gasteiger partial charge in [-0.1, -0.05) is 24.3 Å². The highest BCUT2D eigenvalue weighted by Gasteiger charge is 2.36. The Kier molecular flexibility index (Phi) is 3.66. The Bertz CT molecular complexity index is 562. The molecule has 0 saturated carbocycles. The van der Waals surface area contributed by atoms with Gasteiger partial charge in [0.2, 0.25) is 5.91 Å². The average Bonchev–Trinajstić information content (AvgIpc) is 2.99. The summed E-state index contributed by atoms with van der Waals surface area (Å²) in [6, 6.07) is 9.02. The molecule has 118 valence electrons. The molecule has 2 aliphatic heterocycles. The third-order valence-corrected chi connectivity index (χ3v) is 5.57. The van der Waals surface area contributed by atoms with Gasteiger partial charge in [0.05, 0.1) is 12.1 Å². The number of carbonyl (C=O) groups is 1. The van der Waals surface area contributed by atoms with E-state index in [0.717, 1.165) is 24.0 Å². The van der Waals surface area contributed by atoms with Crippen molar-refractivity contribution >= 4 is 5.91 Å². The van der Waals surface area contributed by atoms with E-state index in [1.165, 1.54) is 12.8 Å². The molecule has 3 N–H and O–H groups in total. The van der Waals surface area contributed by atoms with Crippen LogP contribution in [-0.2, 0) is 11.2 Å². The predicted octanol–water partition coefficient (Wildman–Crippen LogP) is 1.68. The second-order valence-electron chi connectivity index (χ2n) is 7.19. The van der Waals surface area contributed by atoms with Crippen LogP contribution < -0.4 is 10.6 Å². The lowest BCUT2D eigenvalue weighted by Gasteiger charge is -2.29. The molecule has 3 aliphatic rings. The predicted molar refractivity (Wildman–Crippen MR) is 84.3 cm³/mol. The smallest absolute Gasteiger partial charge is 0.220 e. The quantitative estimate of drug-likeness (QED) is 0.796. The fraction of sp³-hybridized carbons (Fsp3) is 0.611. The van der Waals surface area contributed by atoms with Crippen LogP contribution in [0.4, 0.5) is 0 Å². The molecule has 4 rings (SSSR count). The number of hydrogen-bond acceptors (Lipinski definition) is 3. The molecule has 1 aromatic carbocycles. The third kappa shape index (κ3) is 2.66. The largest absolute Gasteiger partial charge is 0.390 e. The van der Waals surface area contributed by atoms with Gasteiger partial charge in [-0.3, -0.25) is 4.79 Å². The summed E-state index contributed by atoms with van der Waals surface area (Å²) >= 11 is 0. The first-order chi connectivity index (χ1) is 10.7. The number of fused-ring (bicyclic) bond motifs is 3. The van der Waals surface area contributed by atoms with Crippen LogP contribution >= 0.6 is 0 Å². The van der Waals surface area contributed by atoms with E-state index in [2.05, 4.69) is 10.6 Å². The Morgan fingerprint density at radius 2 is 1.95 bits per heavy atom. The van der Waals surface area contributed by atoms with Crippen LogP contribution in [0.1, 0.15) is 49.3 Å². The zero-order valence-corrected chi connectivity index (χ0v) is 12.8. The average molecular weight is 300 g/mol. The van der Waals surface area contributed by atoms with Gasteiger partial charge in [-0.25, -0.2) is 0 Å². The maximum Gasteiger partial charge on any atom is 0.220 e. The first kappa shape index (κ1) is 14.2. The van der Waals surface area contributed by atoms with Gasteiger partial charge in [0.1, 0.15) is 0 Å². The van der Waals surface area contributed by atoms with Crippen LogP contribution in [0, 0.1) is 5.92 Å². The maximum atomic E-state index is 12.4. The Morgan fingerprint density at radius 1 is 1.23 bits per heavy atom. The SMILES string of the molecule is O=C(CC1CC2CCC(C1)N2)N[C@@H]1c2ccccc2C[C@@H]1O. The number of carbonyl (C=O) groups excluding carboxylic acids is 1. The lowest BCUT2D eigenvalue weighted by atomic mass is 9.89. The molecular formula is C18H24N2O2. The highest BCUT2D eigenvalue weighted by Crippen LogP contribution is 2.34. The monoisotopic (exact) mass is 300 g/mol. The van der Waals surface area contributed by atoms with Crippen LogP contribution in [-0.4, -0.2) is 29.2 Å². The van der Waals surface area contributed by atoms with E-state index < -0.39 is 6.10 Å². The third-order valence-electron chi connectivity index (χ3n) is 5.57. The molecule has 22 heavy (non-hydrogen) atoms. The first-order valence-electron chi connectivity index (χ1n) is 8.50. The van der Waals surface area contributed by atoms with Gasteiger partial charge in [0, 0.05) is 24.9 Å². The number of benzene rings is 1. The highest BCUT2D eigenvalue weighted by atomic mass is 16.3. The molecular weight excluding hydrogens is 276 g/mol. The summed E-state index contributed by atoms with van der Waals surface area (Å²) in [6.07, 6.45) is 5.50. The van der Waals surface area contributed by atoms with Gasteiger partial charge >= 0.3 is 0 Å². The molecule has 2 unspecified atom stereocenters. The van der Waals surface area contributed by atoms with Gasteiger partial charge in [0.15, 0.2) is 0 Å². The van der Waals surface area contributed by atoms with Crippen molar-refractivity contribution in [2.45, 2.75) is 62.8 Å². The molecule has 2 heterocycles. The van der Waals surface area contributed by atoms with E-state index in [1.807, 2.05) is 24.3 Å². The van der Waals surface area contributed by atoms with E-state index >= 15 is 0 Å². The Hall–Kier alpha value is -1.39. The Morgan fingerprint density at radius 3 is 2.73 bits per heavy atom. The van der Waals surface area contributed by atoms with Gasteiger partial charge < -0.3 is 15.7 Å². The molecule has 0 aromatic heterocycles. The van der Waals surface area contributed by atoms with Crippen LogP contribution in [0.15, 0.2) is 24.3 Å². The molecule has 4 atom stereocenters. The van der Waals surface area contributed by atoms with E-state index in [-0.39, 0.29) is 11.9 Å². The lowest BCUT2D eigenvalue weighted by Crippen LogP contribution is -2.40. The summed E-state index contributed by atoms with van der Waals surface area (Å²) in [5.41, 5.74) is 2.23. The second-order valence-corrected chi connectivity index (χ2v) is 7.19. The summed E-state index contributed by atoms with van der Waals surface area (Å²) < 4.78 is 0. The minimum Gasteiger partial charge on any atom is -0.390 e. The maximum absolute atomic E-state index is 12.4. The zero-order valence-electron chi connectivity index (χ0n) is 12.8. The highest BCUT2D eigenvalue weighted by molar-refractivity contribution is 5.77. The van der Waals surface area contributed by atoms with Gasteiger partial charge in [-0.15, -0.1) is 0 Å². The fourth-order valence-electron chi connectivity index (χ4n) is 4.58. The normalized spacial score (nSPS) is 36.1. The molecule has 2 bridgehead atoms. The van der Waals surface area contributed by atoms with Crippen molar-refractivity contribution in [2.75, 3.05) is 0 Å². The van der Waals surface area contributed by atoms with Crippen molar-refractivity contribution in [2.24, 2.45) is 5.92 Å². The van der Waals surface area contributed by atoms with Crippen LogP contribution in [0.3, 0.4) is 0 Å². The zero-order chi connectivity index (χ0) is 15.1. The molecule has 4 nitrogen and oxygen atoms in total. The number of hydrogen-bond donors (Lipinski definition) is 3. The molecule has 0 spiro atoms. The Balaban J connectivity index is 1.38.